The van der Waals surface area contributed by atoms with Gasteiger partial charge in [-0.1, -0.05) is 36.1 Å². The Morgan fingerprint density at radius 3 is 2.34 bits per heavy atom. The normalized spacial score (nSPS) is 14.3. The highest BCUT2D eigenvalue weighted by atomic mass is 16.5. The SMILES string of the molecule is O=c1[nH]cnc(CC(CO)c2ccc(C#Cc3ccc(CNC4COC4)cc3)cc2)c1O. The first-order chi connectivity index (χ1) is 15.6. The minimum Gasteiger partial charge on any atom is -0.502 e. The number of rotatable bonds is 7. The van der Waals surface area contributed by atoms with E-state index in [2.05, 4.69) is 39.3 Å². The van der Waals surface area contributed by atoms with Crippen molar-refractivity contribution >= 4 is 0 Å². The van der Waals surface area contributed by atoms with Crippen LogP contribution in [0.3, 0.4) is 0 Å². The predicted octanol–water partition coefficient (Wildman–Crippen LogP) is 1.68. The molecule has 7 heteroatoms. The van der Waals surface area contributed by atoms with Gasteiger partial charge in [0, 0.05) is 30.0 Å². The van der Waals surface area contributed by atoms with Crippen molar-refractivity contribution in [2.45, 2.75) is 24.9 Å². The molecule has 0 amide bonds. The van der Waals surface area contributed by atoms with Crippen molar-refractivity contribution in [3.8, 4) is 17.6 Å². The summed E-state index contributed by atoms with van der Waals surface area (Å²) in [6.45, 7) is 2.26. The van der Waals surface area contributed by atoms with Gasteiger partial charge in [-0.2, -0.15) is 0 Å². The number of benzene rings is 2. The van der Waals surface area contributed by atoms with Crippen LogP contribution >= 0.6 is 0 Å². The van der Waals surface area contributed by atoms with Gasteiger partial charge >= 0.3 is 0 Å². The van der Waals surface area contributed by atoms with E-state index in [1.807, 2.05) is 36.4 Å². The molecule has 1 atom stereocenters. The Kier molecular flexibility index (Phi) is 6.97. The van der Waals surface area contributed by atoms with E-state index in [1.54, 1.807) is 0 Å². The molecular formula is C25H25N3O4. The summed E-state index contributed by atoms with van der Waals surface area (Å²) in [5.74, 6) is 5.63. The van der Waals surface area contributed by atoms with Crippen LogP contribution in [0.5, 0.6) is 5.75 Å². The van der Waals surface area contributed by atoms with Crippen molar-refractivity contribution in [3.05, 3.63) is 93.2 Å². The zero-order valence-corrected chi connectivity index (χ0v) is 17.5. The van der Waals surface area contributed by atoms with Gasteiger partial charge in [0.05, 0.1) is 37.9 Å². The monoisotopic (exact) mass is 431 g/mol. The number of aromatic nitrogens is 2. The molecule has 2 aromatic carbocycles. The maximum Gasteiger partial charge on any atom is 0.293 e. The van der Waals surface area contributed by atoms with Gasteiger partial charge in [0.1, 0.15) is 0 Å². The lowest BCUT2D eigenvalue weighted by atomic mass is 9.94. The molecule has 4 rings (SSSR count). The number of ether oxygens (including phenoxy) is 1. The molecule has 1 saturated heterocycles. The number of nitrogens with zero attached hydrogens (tertiary/aromatic N) is 1. The van der Waals surface area contributed by atoms with Gasteiger partial charge in [0.15, 0.2) is 0 Å². The summed E-state index contributed by atoms with van der Waals surface area (Å²) in [5.41, 5.74) is 3.56. The van der Waals surface area contributed by atoms with Crippen molar-refractivity contribution in [1.29, 1.82) is 0 Å². The van der Waals surface area contributed by atoms with E-state index in [0.717, 1.165) is 36.4 Å². The first kappa shape index (κ1) is 21.8. The first-order valence-corrected chi connectivity index (χ1v) is 10.5. The van der Waals surface area contributed by atoms with Gasteiger partial charge in [0.25, 0.3) is 5.56 Å². The van der Waals surface area contributed by atoms with E-state index in [4.69, 9.17) is 4.74 Å². The molecule has 1 aliphatic rings. The molecule has 4 N–H and O–H groups in total. The number of aromatic hydroxyl groups is 1. The van der Waals surface area contributed by atoms with Crippen LogP contribution in [0, 0.1) is 11.8 Å². The third-order valence-electron chi connectivity index (χ3n) is 5.48. The standard InChI is InChI=1S/C25H25N3O4/c29-13-21(11-23-24(30)25(31)28-16-27-23)20-9-7-18(8-10-20)2-1-17-3-5-19(6-4-17)12-26-22-14-32-15-22/h3-10,16,21-22,26,29-30H,11-15H2,(H,27,28,31). The van der Waals surface area contributed by atoms with Crippen molar-refractivity contribution in [3.63, 3.8) is 0 Å². The van der Waals surface area contributed by atoms with Gasteiger partial charge in [-0.3, -0.25) is 4.79 Å². The molecule has 1 aliphatic heterocycles. The largest absolute Gasteiger partial charge is 0.502 e. The van der Waals surface area contributed by atoms with Gasteiger partial charge < -0.3 is 25.3 Å². The maximum atomic E-state index is 11.5. The van der Waals surface area contributed by atoms with Crippen LogP contribution in [-0.2, 0) is 17.7 Å². The van der Waals surface area contributed by atoms with E-state index in [-0.39, 0.29) is 24.6 Å². The van der Waals surface area contributed by atoms with E-state index >= 15 is 0 Å². The summed E-state index contributed by atoms with van der Waals surface area (Å²) in [7, 11) is 0. The molecule has 7 nitrogen and oxygen atoms in total. The van der Waals surface area contributed by atoms with E-state index in [9.17, 15) is 15.0 Å². The summed E-state index contributed by atoms with van der Waals surface area (Å²) < 4.78 is 5.16. The zero-order valence-electron chi connectivity index (χ0n) is 17.5. The molecule has 2 heterocycles. The molecule has 0 spiro atoms. The second-order valence-electron chi connectivity index (χ2n) is 7.79. The number of nitrogens with one attached hydrogen (secondary N) is 2. The number of aliphatic hydroxyl groups is 1. The number of H-pyrrole nitrogens is 1. The molecule has 1 unspecified atom stereocenters. The Balaban J connectivity index is 1.38. The second kappa shape index (κ2) is 10.2. The Bertz CT molecular complexity index is 1160. The number of aliphatic hydroxyl groups excluding tert-OH is 1. The zero-order chi connectivity index (χ0) is 22.3. The molecule has 0 radical (unpaired) electrons. The minimum absolute atomic E-state index is 0.131. The highest BCUT2D eigenvalue weighted by molar-refractivity contribution is 5.44. The lowest BCUT2D eigenvalue weighted by molar-refractivity contribution is -0.00578. The predicted molar refractivity (Wildman–Crippen MR) is 120 cm³/mol. The Morgan fingerprint density at radius 1 is 1.09 bits per heavy atom. The second-order valence-corrected chi connectivity index (χ2v) is 7.79. The average Bonchev–Trinajstić information content (AvgIpc) is 2.79. The molecule has 32 heavy (non-hydrogen) atoms. The van der Waals surface area contributed by atoms with Gasteiger partial charge in [-0.05, 0) is 35.4 Å². The summed E-state index contributed by atoms with van der Waals surface area (Å²) in [5, 5.41) is 23.1. The van der Waals surface area contributed by atoms with Crippen LogP contribution in [0.15, 0.2) is 59.7 Å². The minimum atomic E-state index is -0.588. The third kappa shape index (κ3) is 5.42. The molecule has 0 saturated carbocycles. The van der Waals surface area contributed by atoms with E-state index in [1.165, 1.54) is 11.9 Å². The highest BCUT2D eigenvalue weighted by Gasteiger charge is 2.17. The van der Waals surface area contributed by atoms with Crippen LogP contribution in [-0.4, -0.2) is 46.0 Å². The Hall–Kier alpha value is -3.44. The molecule has 3 aromatic rings. The number of hydrogen-bond acceptors (Lipinski definition) is 6. The molecule has 164 valence electrons. The lowest BCUT2D eigenvalue weighted by Crippen LogP contribution is -2.45. The lowest BCUT2D eigenvalue weighted by Gasteiger charge is -2.26. The van der Waals surface area contributed by atoms with E-state index in [0.29, 0.717) is 6.04 Å². The van der Waals surface area contributed by atoms with Gasteiger partial charge in [-0.15, -0.1) is 0 Å². The van der Waals surface area contributed by atoms with Crippen LogP contribution in [0.1, 0.15) is 33.9 Å². The van der Waals surface area contributed by atoms with Crippen LogP contribution in [0.25, 0.3) is 0 Å². The first-order valence-electron chi connectivity index (χ1n) is 10.5. The highest BCUT2D eigenvalue weighted by Crippen LogP contribution is 2.22. The van der Waals surface area contributed by atoms with Crippen molar-refractivity contribution in [2.75, 3.05) is 19.8 Å². The van der Waals surface area contributed by atoms with Crippen LogP contribution in [0.2, 0.25) is 0 Å². The van der Waals surface area contributed by atoms with Gasteiger partial charge in [-0.25, -0.2) is 4.98 Å². The van der Waals surface area contributed by atoms with Crippen molar-refractivity contribution in [1.82, 2.24) is 15.3 Å². The van der Waals surface area contributed by atoms with Crippen LogP contribution in [0.4, 0.5) is 0 Å². The fraction of sp³-hybridized carbons (Fsp3) is 0.280. The fourth-order valence-electron chi connectivity index (χ4n) is 3.40. The topological polar surface area (TPSA) is 107 Å². The Morgan fingerprint density at radius 2 is 1.75 bits per heavy atom. The maximum absolute atomic E-state index is 11.5. The van der Waals surface area contributed by atoms with Crippen LogP contribution < -0.4 is 10.9 Å². The molecular weight excluding hydrogens is 406 g/mol. The van der Waals surface area contributed by atoms with Crippen molar-refractivity contribution in [2.24, 2.45) is 0 Å². The quantitative estimate of drug-likeness (QED) is 0.424. The number of aromatic amines is 1. The third-order valence-corrected chi connectivity index (χ3v) is 5.48. The average molecular weight is 431 g/mol. The number of hydrogen-bond donors (Lipinski definition) is 4. The van der Waals surface area contributed by atoms with E-state index < -0.39 is 11.3 Å². The molecule has 1 aromatic heterocycles. The summed E-state index contributed by atoms with van der Waals surface area (Å²) in [6, 6.07) is 16.2. The fourth-order valence-corrected chi connectivity index (χ4v) is 3.40. The van der Waals surface area contributed by atoms with Crippen molar-refractivity contribution < 1.29 is 14.9 Å². The molecule has 0 bridgehead atoms. The molecule has 0 aliphatic carbocycles. The van der Waals surface area contributed by atoms with Gasteiger partial charge in [0.2, 0.25) is 5.75 Å². The summed E-state index contributed by atoms with van der Waals surface area (Å²) in [4.78, 5) is 17.9. The molecule has 1 fully saturated rings. The smallest absolute Gasteiger partial charge is 0.293 e. The Labute approximate surface area is 186 Å². The summed E-state index contributed by atoms with van der Waals surface area (Å²) in [6.07, 6.45) is 1.50. The summed E-state index contributed by atoms with van der Waals surface area (Å²) >= 11 is 0.